The molecule has 24 heavy (non-hydrogen) atoms. The predicted octanol–water partition coefficient (Wildman–Crippen LogP) is 2.91. The van der Waals surface area contributed by atoms with E-state index in [2.05, 4.69) is 27.3 Å². The predicted molar refractivity (Wildman–Crippen MR) is 97.5 cm³/mol. The van der Waals surface area contributed by atoms with Crippen molar-refractivity contribution < 1.29 is 9.15 Å². The van der Waals surface area contributed by atoms with Gasteiger partial charge in [0.25, 0.3) is 0 Å². The van der Waals surface area contributed by atoms with Gasteiger partial charge >= 0.3 is 0 Å². The van der Waals surface area contributed by atoms with Crippen molar-refractivity contribution in [1.29, 1.82) is 0 Å². The first kappa shape index (κ1) is 16.8. The molecule has 5 nitrogen and oxygen atoms in total. The Bertz CT molecular complexity index is 647. The van der Waals surface area contributed by atoms with Gasteiger partial charge in [-0.05, 0) is 25.5 Å². The summed E-state index contributed by atoms with van der Waals surface area (Å²) in [4.78, 5) is 6.74. The van der Waals surface area contributed by atoms with Gasteiger partial charge in [-0.1, -0.05) is 18.2 Å². The summed E-state index contributed by atoms with van der Waals surface area (Å²) < 4.78 is 11.4. The normalized spacial score (nSPS) is 18.5. The van der Waals surface area contributed by atoms with Gasteiger partial charge in [-0.2, -0.15) is 0 Å². The Morgan fingerprint density at radius 3 is 3.08 bits per heavy atom. The Kier molecular flexibility index (Phi) is 5.75. The highest BCUT2D eigenvalue weighted by atomic mass is 16.5. The van der Waals surface area contributed by atoms with E-state index >= 15 is 0 Å². The molecule has 130 valence electrons. The van der Waals surface area contributed by atoms with Gasteiger partial charge in [0.05, 0.1) is 6.61 Å². The lowest BCUT2D eigenvalue weighted by atomic mass is 10.1. The summed E-state index contributed by atoms with van der Waals surface area (Å²) in [5.41, 5.74) is 0.954. The van der Waals surface area contributed by atoms with E-state index < -0.39 is 0 Å². The third-order valence-corrected chi connectivity index (χ3v) is 4.49. The van der Waals surface area contributed by atoms with Crippen molar-refractivity contribution in [3.63, 3.8) is 0 Å². The lowest BCUT2D eigenvalue weighted by Gasteiger charge is -2.21. The number of para-hydroxylation sites is 1. The molecule has 1 fully saturated rings. The summed E-state index contributed by atoms with van der Waals surface area (Å²) in [5.74, 6) is 2.60. The molecule has 1 aliphatic heterocycles. The lowest BCUT2D eigenvalue weighted by Crippen LogP contribution is -2.41. The Hall–Kier alpha value is -2.01. The minimum absolute atomic E-state index is 0.610. The van der Waals surface area contributed by atoms with Crippen LogP contribution >= 0.6 is 0 Å². The monoisotopic (exact) mass is 329 g/mol. The molecule has 1 aliphatic rings. The zero-order chi connectivity index (χ0) is 16.8. The smallest absolute Gasteiger partial charge is 0.193 e. The minimum Gasteiger partial charge on any atom is -0.461 e. The molecule has 2 aromatic rings. The molecule has 1 N–H and O–H groups in total. The van der Waals surface area contributed by atoms with E-state index in [0.29, 0.717) is 5.92 Å². The summed E-state index contributed by atoms with van der Waals surface area (Å²) in [7, 11) is 1.85. The fraction of sp³-hybridized carbons (Fsp3) is 0.526. The highest BCUT2D eigenvalue weighted by Crippen LogP contribution is 2.19. The number of hydrogen-bond acceptors (Lipinski definition) is 3. The number of nitrogens with one attached hydrogen (secondary N) is 1. The summed E-state index contributed by atoms with van der Waals surface area (Å²) >= 11 is 0. The van der Waals surface area contributed by atoms with Crippen molar-refractivity contribution in [1.82, 2.24) is 10.2 Å². The first-order valence-electron chi connectivity index (χ1n) is 8.81. The minimum atomic E-state index is 0.610. The second-order valence-corrected chi connectivity index (χ2v) is 6.23. The molecule has 5 heteroatoms. The topological polar surface area (TPSA) is 50.0 Å². The van der Waals surface area contributed by atoms with Gasteiger partial charge in [0.2, 0.25) is 0 Å². The number of guanidine groups is 1. The fourth-order valence-electron chi connectivity index (χ4n) is 3.24. The maximum absolute atomic E-state index is 5.86. The average Bonchev–Trinajstić information content (AvgIpc) is 3.23. The SMILES string of the molecule is CCOCC1CCN(C(=NC)NCCc2cc3ccccc3o2)C1. The van der Waals surface area contributed by atoms with Gasteiger partial charge in [0, 0.05) is 51.0 Å². The molecule has 1 atom stereocenters. The number of hydrogen-bond donors (Lipinski definition) is 1. The van der Waals surface area contributed by atoms with Crippen LogP contribution in [0.3, 0.4) is 0 Å². The van der Waals surface area contributed by atoms with Crippen LogP contribution in [0.5, 0.6) is 0 Å². The zero-order valence-corrected chi connectivity index (χ0v) is 14.6. The van der Waals surface area contributed by atoms with Gasteiger partial charge < -0.3 is 19.4 Å². The summed E-state index contributed by atoms with van der Waals surface area (Å²) in [6, 6.07) is 10.2. The number of furan rings is 1. The van der Waals surface area contributed by atoms with Crippen LogP contribution in [-0.4, -0.2) is 50.8 Å². The molecule has 3 rings (SSSR count). The lowest BCUT2D eigenvalue weighted by molar-refractivity contribution is 0.114. The number of ether oxygens (including phenoxy) is 1. The fourth-order valence-corrected chi connectivity index (χ4v) is 3.24. The van der Waals surface area contributed by atoms with Crippen LogP contribution in [0.15, 0.2) is 39.7 Å². The van der Waals surface area contributed by atoms with Gasteiger partial charge in [-0.15, -0.1) is 0 Å². The number of nitrogens with zero attached hydrogens (tertiary/aromatic N) is 2. The first-order valence-corrected chi connectivity index (χ1v) is 8.81. The Labute approximate surface area is 143 Å². The maximum atomic E-state index is 5.86. The first-order chi connectivity index (χ1) is 11.8. The van der Waals surface area contributed by atoms with Crippen molar-refractivity contribution in [3.05, 3.63) is 36.1 Å². The molecule has 1 saturated heterocycles. The molecule has 0 amide bonds. The van der Waals surface area contributed by atoms with Crippen LogP contribution in [0.1, 0.15) is 19.1 Å². The van der Waals surface area contributed by atoms with Gasteiger partial charge in [-0.3, -0.25) is 4.99 Å². The van der Waals surface area contributed by atoms with Crippen LogP contribution in [-0.2, 0) is 11.2 Å². The molecule has 1 unspecified atom stereocenters. The molecular formula is C19H27N3O2. The van der Waals surface area contributed by atoms with E-state index in [1.807, 2.05) is 32.2 Å². The van der Waals surface area contributed by atoms with E-state index in [1.54, 1.807) is 0 Å². The van der Waals surface area contributed by atoms with E-state index in [4.69, 9.17) is 9.15 Å². The number of fused-ring (bicyclic) bond motifs is 1. The standard InChI is InChI=1S/C19H27N3O2/c1-3-23-14-15-9-11-22(13-15)19(20-2)21-10-8-17-12-16-6-4-5-7-18(16)24-17/h4-7,12,15H,3,8-11,13-14H2,1-2H3,(H,20,21). The molecule has 1 aromatic heterocycles. The quantitative estimate of drug-likeness (QED) is 0.654. The molecule has 0 bridgehead atoms. The third kappa shape index (κ3) is 4.09. The van der Waals surface area contributed by atoms with Crippen LogP contribution in [0, 0.1) is 5.92 Å². The van der Waals surface area contributed by atoms with Gasteiger partial charge in [0.1, 0.15) is 11.3 Å². The molecular weight excluding hydrogens is 302 g/mol. The molecule has 0 radical (unpaired) electrons. The van der Waals surface area contributed by atoms with Crippen molar-refractivity contribution >= 4 is 16.9 Å². The molecule has 0 spiro atoms. The molecule has 0 aliphatic carbocycles. The molecule has 0 saturated carbocycles. The highest BCUT2D eigenvalue weighted by Gasteiger charge is 2.24. The number of rotatable bonds is 6. The van der Waals surface area contributed by atoms with Crippen LogP contribution in [0.4, 0.5) is 0 Å². The second-order valence-electron chi connectivity index (χ2n) is 6.23. The number of aliphatic imine (C=N–C) groups is 1. The Morgan fingerprint density at radius 2 is 2.29 bits per heavy atom. The number of likely N-dealkylation sites (tertiary alicyclic amines) is 1. The largest absolute Gasteiger partial charge is 0.461 e. The summed E-state index contributed by atoms with van der Waals surface area (Å²) in [6.07, 6.45) is 2.02. The summed E-state index contributed by atoms with van der Waals surface area (Å²) in [6.45, 7) is 6.57. The van der Waals surface area contributed by atoms with E-state index in [0.717, 1.165) is 62.0 Å². The second kappa shape index (κ2) is 8.20. The van der Waals surface area contributed by atoms with E-state index in [-0.39, 0.29) is 0 Å². The van der Waals surface area contributed by atoms with Crippen LogP contribution in [0.25, 0.3) is 11.0 Å². The van der Waals surface area contributed by atoms with Crippen molar-refractivity contribution in [2.75, 3.05) is 39.9 Å². The molecule has 2 heterocycles. The maximum Gasteiger partial charge on any atom is 0.193 e. The average molecular weight is 329 g/mol. The van der Waals surface area contributed by atoms with Crippen molar-refractivity contribution in [2.45, 2.75) is 19.8 Å². The molecule has 1 aromatic carbocycles. The van der Waals surface area contributed by atoms with E-state index in [9.17, 15) is 0 Å². The third-order valence-electron chi connectivity index (χ3n) is 4.49. The number of benzene rings is 1. The van der Waals surface area contributed by atoms with Crippen LogP contribution < -0.4 is 5.32 Å². The van der Waals surface area contributed by atoms with Crippen molar-refractivity contribution in [2.24, 2.45) is 10.9 Å². The zero-order valence-electron chi connectivity index (χ0n) is 14.6. The Morgan fingerprint density at radius 1 is 1.42 bits per heavy atom. The van der Waals surface area contributed by atoms with E-state index in [1.165, 1.54) is 6.42 Å². The Balaban J connectivity index is 1.48. The van der Waals surface area contributed by atoms with Gasteiger partial charge in [0.15, 0.2) is 5.96 Å². The summed E-state index contributed by atoms with van der Waals surface area (Å²) in [5, 5.41) is 4.62. The van der Waals surface area contributed by atoms with Gasteiger partial charge in [-0.25, -0.2) is 0 Å². The van der Waals surface area contributed by atoms with Crippen molar-refractivity contribution in [3.8, 4) is 0 Å². The van der Waals surface area contributed by atoms with Crippen LogP contribution in [0.2, 0.25) is 0 Å². The highest BCUT2D eigenvalue weighted by molar-refractivity contribution is 5.80.